The van der Waals surface area contributed by atoms with E-state index in [1.54, 1.807) is 0 Å². The van der Waals surface area contributed by atoms with Crippen LogP contribution in [-0.4, -0.2) is 22.4 Å². The third-order valence-corrected chi connectivity index (χ3v) is 1.71. The van der Waals surface area contributed by atoms with E-state index >= 15 is 0 Å². The van der Waals surface area contributed by atoms with Crippen molar-refractivity contribution in [1.82, 2.24) is 4.98 Å². The Hall–Kier alpha value is -1.31. The number of carboxylic acids is 1. The second-order valence-electron chi connectivity index (χ2n) is 2.34. The van der Waals surface area contributed by atoms with Gasteiger partial charge in [0, 0.05) is 0 Å². The fourth-order valence-corrected chi connectivity index (χ4v) is 1.06. The number of nitrogens with zero attached hydrogens (tertiary/aromatic N) is 1. The number of rotatable bonds is 2. The van der Waals surface area contributed by atoms with Gasteiger partial charge in [0.25, 0.3) is 0 Å². The number of ether oxygens (including phenoxy) is 1. The molecule has 1 N–H and O–H groups in total. The Morgan fingerprint density at radius 2 is 2.07 bits per heavy atom. The maximum Gasteiger partial charge on any atom is 0.574 e. The van der Waals surface area contributed by atoms with Gasteiger partial charge in [0.05, 0.1) is 0 Å². The normalized spacial score (nSPS) is 11.2. The van der Waals surface area contributed by atoms with Gasteiger partial charge in [0.2, 0.25) is 5.88 Å². The molecule has 0 aliphatic rings. The summed E-state index contributed by atoms with van der Waals surface area (Å²) in [6, 6.07) is 2.16. The van der Waals surface area contributed by atoms with Crippen molar-refractivity contribution in [3.8, 4) is 5.88 Å². The Balaban J connectivity index is 3.13. The zero-order chi connectivity index (χ0) is 11.6. The van der Waals surface area contributed by atoms with E-state index in [1.807, 2.05) is 0 Å². The highest BCUT2D eigenvalue weighted by molar-refractivity contribution is 9.10. The van der Waals surface area contributed by atoms with Crippen LogP contribution in [0.4, 0.5) is 13.2 Å². The van der Waals surface area contributed by atoms with E-state index in [2.05, 4.69) is 25.7 Å². The molecule has 1 rings (SSSR count). The van der Waals surface area contributed by atoms with Crippen molar-refractivity contribution in [1.29, 1.82) is 0 Å². The molecule has 0 aliphatic heterocycles. The van der Waals surface area contributed by atoms with Crippen LogP contribution in [0.15, 0.2) is 16.7 Å². The molecule has 4 nitrogen and oxygen atoms in total. The topological polar surface area (TPSA) is 59.4 Å². The predicted molar refractivity (Wildman–Crippen MR) is 45.6 cm³/mol. The molecule has 1 aromatic rings. The van der Waals surface area contributed by atoms with Crippen LogP contribution in [0, 0.1) is 0 Å². The first-order valence-corrected chi connectivity index (χ1v) is 4.24. The number of aromatic carboxylic acids is 1. The lowest BCUT2D eigenvalue weighted by molar-refractivity contribution is -0.276. The fraction of sp³-hybridized carbons (Fsp3) is 0.143. The molecule has 0 atom stereocenters. The van der Waals surface area contributed by atoms with Crippen LogP contribution in [-0.2, 0) is 0 Å². The summed E-state index contributed by atoms with van der Waals surface area (Å²) >= 11 is 2.80. The van der Waals surface area contributed by atoms with Crippen LogP contribution in [0.5, 0.6) is 5.88 Å². The minimum Gasteiger partial charge on any atom is -0.477 e. The van der Waals surface area contributed by atoms with Crippen LogP contribution >= 0.6 is 15.9 Å². The third kappa shape index (κ3) is 3.39. The molecular formula is C7H3BrF3NO3. The van der Waals surface area contributed by atoms with Crippen LogP contribution in [0.1, 0.15) is 10.4 Å². The lowest BCUT2D eigenvalue weighted by Gasteiger charge is -2.09. The summed E-state index contributed by atoms with van der Waals surface area (Å²) in [7, 11) is 0. The molecule has 0 aromatic carbocycles. The highest BCUT2D eigenvalue weighted by Crippen LogP contribution is 2.26. The van der Waals surface area contributed by atoms with E-state index in [0.717, 1.165) is 6.07 Å². The number of carboxylic acid groups (broad SMARTS) is 1. The van der Waals surface area contributed by atoms with Gasteiger partial charge in [-0.05, 0) is 28.1 Å². The first-order chi connectivity index (χ1) is 6.79. The number of pyridine rings is 1. The first-order valence-electron chi connectivity index (χ1n) is 3.45. The van der Waals surface area contributed by atoms with Crippen LogP contribution in [0.2, 0.25) is 0 Å². The lowest BCUT2D eigenvalue weighted by Crippen LogP contribution is -2.20. The molecule has 1 aromatic heterocycles. The quantitative estimate of drug-likeness (QED) is 0.848. The lowest BCUT2D eigenvalue weighted by atomic mass is 10.3. The Kier molecular flexibility index (Phi) is 3.18. The minimum atomic E-state index is -4.97. The van der Waals surface area contributed by atoms with Crippen molar-refractivity contribution < 1.29 is 27.8 Å². The maximum absolute atomic E-state index is 11.8. The summed E-state index contributed by atoms with van der Waals surface area (Å²) in [5.41, 5.74) is -0.657. The van der Waals surface area contributed by atoms with Gasteiger partial charge in [-0.1, -0.05) is 0 Å². The highest BCUT2D eigenvalue weighted by atomic mass is 79.9. The van der Waals surface area contributed by atoms with Crippen molar-refractivity contribution in [3.63, 3.8) is 0 Å². The Morgan fingerprint density at radius 3 is 2.53 bits per heavy atom. The molecule has 0 saturated heterocycles. The second-order valence-corrected chi connectivity index (χ2v) is 3.15. The van der Waals surface area contributed by atoms with Gasteiger partial charge in [-0.2, -0.15) is 0 Å². The summed E-state index contributed by atoms with van der Waals surface area (Å²) in [6.07, 6.45) is -4.97. The molecule has 8 heteroatoms. The first kappa shape index (κ1) is 11.8. The number of hydrogen-bond donors (Lipinski definition) is 1. The van der Waals surface area contributed by atoms with Crippen molar-refractivity contribution in [2.45, 2.75) is 6.36 Å². The van der Waals surface area contributed by atoms with Crippen molar-refractivity contribution in [2.75, 3.05) is 0 Å². The van der Waals surface area contributed by atoms with Crippen LogP contribution in [0.25, 0.3) is 0 Å². The van der Waals surface area contributed by atoms with E-state index in [1.165, 1.54) is 6.07 Å². The molecule has 0 aliphatic carbocycles. The molecule has 0 unspecified atom stereocenters. The summed E-state index contributed by atoms with van der Waals surface area (Å²) in [5, 5.41) is 8.55. The van der Waals surface area contributed by atoms with Crippen molar-refractivity contribution in [3.05, 3.63) is 22.3 Å². The second kappa shape index (κ2) is 4.05. The van der Waals surface area contributed by atoms with Crippen LogP contribution in [0.3, 0.4) is 0 Å². The average Bonchev–Trinajstić information content (AvgIpc) is 1.99. The van der Waals surface area contributed by atoms with Gasteiger partial charge in [-0.25, -0.2) is 9.78 Å². The molecule has 1 heterocycles. The number of hydrogen-bond acceptors (Lipinski definition) is 3. The summed E-state index contributed by atoms with van der Waals surface area (Å²) in [6.45, 7) is 0. The fourth-order valence-electron chi connectivity index (χ4n) is 0.768. The third-order valence-electron chi connectivity index (χ3n) is 1.27. The van der Waals surface area contributed by atoms with Gasteiger partial charge in [0.1, 0.15) is 10.2 Å². The molecule has 0 fully saturated rings. The summed E-state index contributed by atoms with van der Waals surface area (Å²) < 4.78 is 39.0. The molecule has 82 valence electrons. The summed E-state index contributed by atoms with van der Waals surface area (Å²) in [5.74, 6) is -2.54. The van der Waals surface area contributed by atoms with E-state index in [0.29, 0.717) is 0 Å². The Morgan fingerprint density at radius 1 is 1.47 bits per heavy atom. The molecule has 0 radical (unpaired) electrons. The maximum atomic E-state index is 11.8. The van der Waals surface area contributed by atoms with Gasteiger partial charge >= 0.3 is 12.3 Å². The number of alkyl halides is 3. The Labute approximate surface area is 89.8 Å². The largest absolute Gasteiger partial charge is 0.574 e. The number of aromatic nitrogens is 1. The van der Waals surface area contributed by atoms with Crippen molar-refractivity contribution >= 4 is 21.9 Å². The zero-order valence-corrected chi connectivity index (χ0v) is 8.46. The molecular weight excluding hydrogens is 283 g/mol. The standard InChI is InChI=1S/C7H3BrF3NO3/c8-4-2-1-3(6(13)14)5(12-4)15-7(9,10)11/h1-2H,(H,13,14). The molecule has 0 amide bonds. The van der Waals surface area contributed by atoms with E-state index in [9.17, 15) is 18.0 Å². The van der Waals surface area contributed by atoms with E-state index in [-0.39, 0.29) is 4.60 Å². The van der Waals surface area contributed by atoms with Gasteiger partial charge in [-0.15, -0.1) is 13.2 Å². The number of halogens is 4. The molecule has 0 bridgehead atoms. The van der Waals surface area contributed by atoms with Gasteiger partial charge < -0.3 is 9.84 Å². The minimum absolute atomic E-state index is 0.0479. The number of carbonyl (C=O) groups is 1. The van der Waals surface area contributed by atoms with Gasteiger partial charge in [-0.3, -0.25) is 0 Å². The average molecular weight is 286 g/mol. The SMILES string of the molecule is O=C(O)c1ccc(Br)nc1OC(F)(F)F. The predicted octanol–water partition coefficient (Wildman–Crippen LogP) is 2.44. The highest BCUT2D eigenvalue weighted by Gasteiger charge is 2.34. The van der Waals surface area contributed by atoms with E-state index < -0.39 is 23.8 Å². The Bertz CT molecular complexity index is 394. The molecule has 0 saturated carbocycles. The van der Waals surface area contributed by atoms with E-state index in [4.69, 9.17) is 5.11 Å². The smallest absolute Gasteiger partial charge is 0.477 e. The summed E-state index contributed by atoms with van der Waals surface area (Å²) in [4.78, 5) is 13.8. The molecule has 15 heavy (non-hydrogen) atoms. The zero-order valence-electron chi connectivity index (χ0n) is 6.88. The van der Waals surface area contributed by atoms with Crippen LogP contribution < -0.4 is 4.74 Å². The van der Waals surface area contributed by atoms with Crippen molar-refractivity contribution in [2.24, 2.45) is 0 Å². The molecule has 0 spiro atoms. The van der Waals surface area contributed by atoms with Gasteiger partial charge in [0.15, 0.2) is 0 Å². The monoisotopic (exact) mass is 285 g/mol.